The molecule has 2 aromatic carbocycles. The first-order chi connectivity index (χ1) is 11.6. The number of benzene rings is 2. The van der Waals surface area contributed by atoms with E-state index in [0.29, 0.717) is 10.7 Å². The van der Waals surface area contributed by atoms with Gasteiger partial charge in [-0.25, -0.2) is 8.42 Å². The van der Waals surface area contributed by atoms with E-state index in [0.717, 1.165) is 0 Å². The fraction of sp³-hybridized carbons (Fsp3) is 0.133. The third-order valence-corrected chi connectivity index (χ3v) is 5.90. The number of rotatable bonds is 5. The number of halogens is 4. The third-order valence-electron chi connectivity index (χ3n) is 3.10. The van der Waals surface area contributed by atoms with Crippen LogP contribution in [0.5, 0.6) is 0 Å². The van der Waals surface area contributed by atoms with E-state index in [9.17, 15) is 13.2 Å². The highest BCUT2D eigenvalue weighted by Gasteiger charge is 2.24. The highest BCUT2D eigenvalue weighted by molar-refractivity contribution is 7.89. The molecule has 1 unspecified atom stereocenters. The lowest BCUT2D eigenvalue weighted by atomic mass is 10.3. The summed E-state index contributed by atoms with van der Waals surface area (Å²) >= 11 is 23.5. The maximum Gasteiger partial charge on any atom is 0.242 e. The van der Waals surface area contributed by atoms with Gasteiger partial charge in [-0.2, -0.15) is 4.72 Å². The summed E-state index contributed by atoms with van der Waals surface area (Å²) in [6.45, 7) is 1.38. The fourth-order valence-electron chi connectivity index (χ4n) is 1.86. The van der Waals surface area contributed by atoms with Gasteiger partial charge in [0.25, 0.3) is 0 Å². The fourth-order valence-corrected chi connectivity index (χ4v) is 4.29. The van der Waals surface area contributed by atoms with E-state index in [1.54, 1.807) is 6.07 Å². The first kappa shape index (κ1) is 20.3. The van der Waals surface area contributed by atoms with E-state index in [2.05, 4.69) is 10.0 Å². The molecule has 2 aromatic rings. The summed E-state index contributed by atoms with van der Waals surface area (Å²) in [4.78, 5) is 12.0. The number of carbonyl (C=O) groups is 1. The summed E-state index contributed by atoms with van der Waals surface area (Å²) in [5.74, 6) is -0.606. The molecule has 2 N–H and O–H groups in total. The van der Waals surface area contributed by atoms with E-state index in [1.165, 1.54) is 37.3 Å². The van der Waals surface area contributed by atoms with Crippen LogP contribution in [0.15, 0.2) is 41.3 Å². The predicted octanol–water partition coefficient (Wildman–Crippen LogP) is 4.61. The van der Waals surface area contributed by atoms with Crippen molar-refractivity contribution in [2.75, 3.05) is 5.32 Å². The Bertz CT molecular complexity index is 919. The molecule has 0 heterocycles. The minimum Gasteiger partial charge on any atom is -0.323 e. The zero-order valence-electron chi connectivity index (χ0n) is 12.7. The topological polar surface area (TPSA) is 75.3 Å². The molecule has 0 saturated heterocycles. The molecule has 1 atom stereocenters. The Morgan fingerprint density at radius 1 is 0.960 bits per heavy atom. The molecule has 134 valence electrons. The molecule has 25 heavy (non-hydrogen) atoms. The molecule has 10 heteroatoms. The SMILES string of the molecule is CC(NS(=O)(=O)c1cc(Cl)ccc1Cl)C(=O)Nc1ccc(Cl)cc1Cl. The van der Waals surface area contributed by atoms with Crippen LogP contribution in [0, 0.1) is 0 Å². The van der Waals surface area contributed by atoms with E-state index in [4.69, 9.17) is 46.4 Å². The Hall–Kier alpha value is -1.02. The highest BCUT2D eigenvalue weighted by Crippen LogP contribution is 2.26. The van der Waals surface area contributed by atoms with Gasteiger partial charge in [-0.15, -0.1) is 0 Å². The average molecular weight is 442 g/mol. The highest BCUT2D eigenvalue weighted by atomic mass is 35.5. The van der Waals surface area contributed by atoms with Gasteiger partial charge in [0.15, 0.2) is 0 Å². The van der Waals surface area contributed by atoms with Crippen molar-refractivity contribution in [2.24, 2.45) is 0 Å². The summed E-state index contributed by atoms with van der Waals surface area (Å²) < 4.78 is 27.1. The maximum atomic E-state index is 12.4. The van der Waals surface area contributed by atoms with E-state index < -0.39 is 22.0 Å². The van der Waals surface area contributed by atoms with Crippen molar-refractivity contribution in [3.63, 3.8) is 0 Å². The normalized spacial score (nSPS) is 12.7. The quantitative estimate of drug-likeness (QED) is 0.711. The Balaban J connectivity index is 2.16. The number of sulfonamides is 1. The molecule has 0 aliphatic carbocycles. The second-order valence-corrected chi connectivity index (χ2v) is 8.40. The van der Waals surface area contributed by atoms with Gasteiger partial charge in [-0.3, -0.25) is 4.79 Å². The molecule has 0 radical (unpaired) electrons. The second-order valence-electron chi connectivity index (χ2n) is 5.03. The van der Waals surface area contributed by atoms with Gasteiger partial charge < -0.3 is 5.32 Å². The number of anilines is 1. The van der Waals surface area contributed by atoms with Gasteiger partial charge in [0.1, 0.15) is 4.90 Å². The van der Waals surface area contributed by atoms with E-state index in [-0.39, 0.29) is 20.0 Å². The van der Waals surface area contributed by atoms with Crippen LogP contribution in [0.25, 0.3) is 0 Å². The van der Waals surface area contributed by atoms with Crippen LogP contribution in [-0.2, 0) is 14.8 Å². The minimum absolute atomic E-state index is 0.00902. The molecule has 0 fully saturated rings. The molecule has 0 aliphatic heterocycles. The van der Waals surface area contributed by atoms with Gasteiger partial charge >= 0.3 is 0 Å². The summed E-state index contributed by atoms with van der Waals surface area (Å²) in [5.41, 5.74) is 0.308. The maximum absolute atomic E-state index is 12.4. The monoisotopic (exact) mass is 440 g/mol. The van der Waals surface area contributed by atoms with Crippen molar-refractivity contribution in [1.82, 2.24) is 4.72 Å². The van der Waals surface area contributed by atoms with Gasteiger partial charge in [0.2, 0.25) is 15.9 Å². The van der Waals surface area contributed by atoms with Crippen molar-refractivity contribution in [3.8, 4) is 0 Å². The Kier molecular flexibility index (Phi) is 6.59. The lowest BCUT2D eigenvalue weighted by molar-refractivity contribution is -0.117. The number of carbonyl (C=O) groups excluding carboxylic acids is 1. The van der Waals surface area contributed by atoms with Crippen molar-refractivity contribution >= 4 is 68.0 Å². The summed E-state index contributed by atoms with van der Waals surface area (Å²) in [5, 5.41) is 3.36. The predicted molar refractivity (Wildman–Crippen MR) is 101 cm³/mol. The van der Waals surface area contributed by atoms with Crippen LogP contribution in [0.4, 0.5) is 5.69 Å². The van der Waals surface area contributed by atoms with Gasteiger partial charge in [-0.05, 0) is 43.3 Å². The van der Waals surface area contributed by atoms with Gasteiger partial charge in [0.05, 0.1) is 21.8 Å². The molecular weight excluding hydrogens is 430 g/mol. The summed E-state index contributed by atoms with van der Waals surface area (Å²) in [6.07, 6.45) is 0. The van der Waals surface area contributed by atoms with Crippen LogP contribution in [-0.4, -0.2) is 20.4 Å². The minimum atomic E-state index is -4.05. The van der Waals surface area contributed by atoms with Crippen molar-refractivity contribution in [1.29, 1.82) is 0 Å². The molecule has 0 aromatic heterocycles. The Labute approximate surface area is 165 Å². The van der Waals surface area contributed by atoms with Crippen LogP contribution in [0.1, 0.15) is 6.92 Å². The molecule has 0 spiro atoms. The molecule has 0 aliphatic rings. The lowest BCUT2D eigenvalue weighted by Crippen LogP contribution is -2.41. The number of hydrogen-bond acceptors (Lipinski definition) is 3. The van der Waals surface area contributed by atoms with Crippen LogP contribution in [0.2, 0.25) is 20.1 Å². The second kappa shape index (κ2) is 8.12. The number of amides is 1. The molecule has 1 amide bonds. The zero-order valence-corrected chi connectivity index (χ0v) is 16.5. The largest absolute Gasteiger partial charge is 0.323 e. The molecular formula is C15H12Cl4N2O3S. The van der Waals surface area contributed by atoms with E-state index >= 15 is 0 Å². The van der Waals surface area contributed by atoms with Gasteiger partial charge in [-0.1, -0.05) is 46.4 Å². The van der Waals surface area contributed by atoms with Gasteiger partial charge in [0, 0.05) is 10.0 Å². The van der Waals surface area contributed by atoms with Crippen molar-refractivity contribution in [2.45, 2.75) is 17.9 Å². The third kappa shape index (κ3) is 5.23. The van der Waals surface area contributed by atoms with Crippen molar-refractivity contribution in [3.05, 3.63) is 56.5 Å². The van der Waals surface area contributed by atoms with Crippen LogP contribution < -0.4 is 10.0 Å². The Morgan fingerprint density at radius 2 is 1.56 bits per heavy atom. The average Bonchev–Trinajstić information content (AvgIpc) is 2.51. The summed E-state index contributed by atoms with van der Waals surface area (Å²) in [7, 11) is -4.05. The molecule has 2 rings (SSSR count). The molecule has 0 bridgehead atoms. The number of hydrogen-bond donors (Lipinski definition) is 2. The smallest absolute Gasteiger partial charge is 0.242 e. The number of nitrogens with one attached hydrogen (secondary N) is 2. The zero-order chi connectivity index (χ0) is 18.8. The van der Waals surface area contributed by atoms with Crippen LogP contribution >= 0.6 is 46.4 Å². The van der Waals surface area contributed by atoms with E-state index in [1.807, 2.05) is 0 Å². The van der Waals surface area contributed by atoms with Crippen LogP contribution in [0.3, 0.4) is 0 Å². The first-order valence-corrected chi connectivity index (χ1v) is 9.83. The Morgan fingerprint density at radius 3 is 2.20 bits per heavy atom. The molecule has 0 saturated carbocycles. The first-order valence-electron chi connectivity index (χ1n) is 6.83. The summed E-state index contributed by atoms with van der Waals surface area (Å²) in [6, 6.07) is 7.44. The lowest BCUT2D eigenvalue weighted by Gasteiger charge is -2.16. The molecule has 5 nitrogen and oxygen atoms in total. The van der Waals surface area contributed by atoms with Crippen molar-refractivity contribution < 1.29 is 13.2 Å². The standard InChI is InChI=1S/C15H12Cl4N2O3S/c1-8(15(22)20-13-5-3-9(16)6-12(13)19)21-25(23,24)14-7-10(17)2-4-11(14)18/h2-8,21H,1H3,(H,20,22).